The summed E-state index contributed by atoms with van der Waals surface area (Å²) in [7, 11) is 0. The van der Waals surface area contributed by atoms with Crippen LogP contribution in [0.5, 0.6) is 0 Å². The highest BCUT2D eigenvalue weighted by molar-refractivity contribution is 6.19. The van der Waals surface area contributed by atoms with Crippen LogP contribution in [-0.4, -0.2) is 0 Å². The lowest BCUT2D eigenvalue weighted by molar-refractivity contribution is 0.669. The minimum Gasteiger partial charge on any atom is -0.456 e. The van der Waals surface area contributed by atoms with Gasteiger partial charge in [-0.15, -0.1) is 0 Å². The lowest BCUT2D eigenvalue weighted by atomic mass is 9.92. The van der Waals surface area contributed by atoms with E-state index in [2.05, 4.69) is 193 Å². The molecule has 0 spiro atoms. The van der Waals surface area contributed by atoms with Crippen molar-refractivity contribution >= 4 is 82.1 Å². The molecule has 11 rings (SSSR count). The van der Waals surface area contributed by atoms with Crippen LogP contribution in [0.2, 0.25) is 0 Å². The molecule has 11 aromatic rings. The average molecular weight is 688 g/mol. The molecule has 0 fully saturated rings. The molecule has 2 heteroatoms. The molecule has 0 aliphatic carbocycles. The molecule has 0 bridgehead atoms. The van der Waals surface area contributed by atoms with Crippen molar-refractivity contribution in [2.45, 2.75) is 0 Å². The van der Waals surface area contributed by atoms with Gasteiger partial charge in [0.05, 0.1) is 5.69 Å². The summed E-state index contributed by atoms with van der Waals surface area (Å²) in [6.45, 7) is 0. The topological polar surface area (TPSA) is 16.4 Å². The van der Waals surface area contributed by atoms with E-state index in [4.69, 9.17) is 4.42 Å². The lowest BCUT2D eigenvalue weighted by Crippen LogP contribution is -2.10. The third-order valence-corrected chi connectivity index (χ3v) is 11.0. The molecule has 0 saturated heterocycles. The van der Waals surface area contributed by atoms with Crippen molar-refractivity contribution in [1.82, 2.24) is 0 Å². The highest BCUT2D eigenvalue weighted by Crippen LogP contribution is 2.43. The normalized spacial score (nSPS) is 11.7. The molecule has 1 aromatic heterocycles. The number of hydrogen-bond acceptors (Lipinski definition) is 2. The van der Waals surface area contributed by atoms with Crippen LogP contribution in [0.25, 0.3) is 87.3 Å². The molecule has 54 heavy (non-hydrogen) atoms. The Morgan fingerprint density at radius 3 is 1.72 bits per heavy atom. The van der Waals surface area contributed by atoms with Crippen molar-refractivity contribution in [3.63, 3.8) is 0 Å². The molecule has 0 aliphatic heterocycles. The van der Waals surface area contributed by atoms with Crippen molar-refractivity contribution in [3.8, 4) is 22.3 Å². The molecule has 0 radical (unpaired) electrons. The number of furan rings is 1. The van der Waals surface area contributed by atoms with Crippen molar-refractivity contribution in [3.05, 3.63) is 200 Å². The summed E-state index contributed by atoms with van der Waals surface area (Å²) in [6, 6.07) is 72.3. The Morgan fingerprint density at radius 2 is 0.889 bits per heavy atom. The summed E-state index contributed by atoms with van der Waals surface area (Å²) in [5.41, 5.74) is 9.87. The third kappa shape index (κ3) is 4.88. The van der Waals surface area contributed by atoms with Gasteiger partial charge in [-0.05, 0) is 108 Å². The molecule has 252 valence electrons. The number of fused-ring (bicyclic) bond motifs is 9. The Morgan fingerprint density at radius 1 is 0.296 bits per heavy atom. The van der Waals surface area contributed by atoms with Crippen molar-refractivity contribution in [2.75, 3.05) is 4.90 Å². The fourth-order valence-electron chi connectivity index (χ4n) is 8.43. The maximum atomic E-state index is 6.40. The summed E-state index contributed by atoms with van der Waals surface area (Å²) in [6.07, 6.45) is 0. The van der Waals surface area contributed by atoms with Crippen LogP contribution in [-0.2, 0) is 0 Å². The fourth-order valence-corrected chi connectivity index (χ4v) is 8.43. The SMILES string of the molecule is c1ccc(-c2ccc(N(c3ccc(-c4cccc5c4ccc4c6ccccc6ccc54)cc3)c3cccc4cc5c(cc34)oc3ccccc35)cc2)cc1. The second kappa shape index (κ2) is 12.2. The van der Waals surface area contributed by atoms with E-state index in [1.54, 1.807) is 0 Å². The number of hydrogen-bond donors (Lipinski definition) is 0. The highest BCUT2D eigenvalue weighted by atomic mass is 16.3. The molecule has 10 aromatic carbocycles. The van der Waals surface area contributed by atoms with Gasteiger partial charge < -0.3 is 9.32 Å². The van der Waals surface area contributed by atoms with E-state index in [0.29, 0.717) is 0 Å². The monoisotopic (exact) mass is 687 g/mol. The van der Waals surface area contributed by atoms with E-state index in [1.807, 2.05) is 12.1 Å². The molecule has 0 aliphatic rings. The summed E-state index contributed by atoms with van der Waals surface area (Å²) >= 11 is 0. The fraction of sp³-hybridized carbons (Fsp3) is 0. The van der Waals surface area contributed by atoms with Crippen molar-refractivity contribution in [2.24, 2.45) is 0 Å². The van der Waals surface area contributed by atoms with Crippen LogP contribution in [0, 0.1) is 0 Å². The summed E-state index contributed by atoms with van der Waals surface area (Å²) < 4.78 is 6.40. The third-order valence-electron chi connectivity index (χ3n) is 11.0. The molecule has 0 amide bonds. The van der Waals surface area contributed by atoms with E-state index in [0.717, 1.165) is 44.4 Å². The predicted octanol–water partition coefficient (Wildman–Crippen LogP) is 15.0. The quantitative estimate of drug-likeness (QED) is 0.168. The van der Waals surface area contributed by atoms with E-state index in [9.17, 15) is 0 Å². The summed E-state index contributed by atoms with van der Waals surface area (Å²) in [4.78, 5) is 2.37. The van der Waals surface area contributed by atoms with E-state index < -0.39 is 0 Å². The largest absolute Gasteiger partial charge is 0.456 e. The van der Waals surface area contributed by atoms with Crippen molar-refractivity contribution < 1.29 is 4.42 Å². The smallest absolute Gasteiger partial charge is 0.136 e. The first-order valence-electron chi connectivity index (χ1n) is 18.5. The molecule has 1 heterocycles. The Hall–Kier alpha value is -7.16. The van der Waals surface area contributed by atoms with E-state index in [-0.39, 0.29) is 0 Å². The van der Waals surface area contributed by atoms with Gasteiger partial charge in [0.2, 0.25) is 0 Å². The average Bonchev–Trinajstić information content (AvgIpc) is 3.61. The zero-order chi connectivity index (χ0) is 35.6. The molecular formula is C52H33NO. The van der Waals surface area contributed by atoms with Crippen LogP contribution in [0.1, 0.15) is 0 Å². The molecule has 0 unspecified atom stereocenters. The maximum Gasteiger partial charge on any atom is 0.136 e. The van der Waals surface area contributed by atoms with E-state index in [1.165, 1.54) is 60.0 Å². The Kier molecular flexibility index (Phi) is 6.90. The van der Waals surface area contributed by atoms with E-state index >= 15 is 0 Å². The Bertz CT molecular complexity index is 3190. The minimum absolute atomic E-state index is 0.891. The highest BCUT2D eigenvalue weighted by Gasteiger charge is 2.18. The van der Waals surface area contributed by atoms with Gasteiger partial charge >= 0.3 is 0 Å². The molecular weight excluding hydrogens is 655 g/mol. The first kappa shape index (κ1) is 30.5. The van der Waals surface area contributed by atoms with Gasteiger partial charge in [-0.3, -0.25) is 0 Å². The summed E-state index contributed by atoms with van der Waals surface area (Å²) in [5, 5.41) is 12.2. The first-order chi connectivity index (χ1) is 26.8. The number of benzene rings is 10. The van der Waals surface area contributed by atoms with Crippen LogP contribution < -0.4 is 4.90 Å². The number of para-hydroxylation sites is 1. The zero-order valence-electron chi connectivity index (χ0n) is 29.4. The van der Waals surface area contributed by atoms with Gasteiger partial charge in [-0.2, -0.15) is 0 Å². The first-order valence-corrected chi connectivity index (χ1v) is 18.5. The van der Waals surface area contributed by atoms with Crippen molar-refractivity contribution in [1.29, 1.82) is 0 Å². The van der Waals surface area contributed by atoms with Gasteiger partial charge in [-0.1, -0.05) is 152 Å². The minimum atomic E-state index is 0.891. The van der Waals surface area contributed by atoms with Gasteiger partial charge in [0.1, 0.15) is 11.2 Å². The standard InChI is InChI=1S/C52H33NO/c1-2-10-34(11-3-1)35-20-25-39(26-21-35)53(50-18-8-13-38-32-49-47-15-6-7-19-51(47)54-52(49)33-48(38)50)40-27-22-37(23-28-40)42-16-9-17-43-44(42)30-31-45-41-14-5-4-12-36(41)24-29-46(43)45/h1-33H. The Labute approximate surface area is 312 Å². The molecule has 2 nitrogen and oxygen atoms in total. The van der Waals surface area contributed by atoms with Crippen LogP contribution >= 0.6 is 0 Å². The predicted molar refractivity (Wildman–Crippen MR) is 229 cm³/mol. The zero-order valence-corrected chi connectivity index (χ0v) is 29.4. The molecule has 0 saturated carbocycles. The number of anilines is 3. The maximum absolute atomic E-state index is 6.40. The summed E-state index contributed by atoms with van der Waals surface area (Å²) in [5.74, 6) is 0. The van der Waals surface area contributed by atoms with Crippen LogP contribution in [0.3, 0.4) is 0 Å². The van der Waals surface area contributed by atoms with Crippen LogP contribution in [0.15, 0.2) is 205 Å². The van der Waals surface area contributed by atoms with Crippen LogP contribution in [0.4, 0.5) is 17.1 Å². The second-order valence-corrected chi connectivity index (χ2v) is 14.1. The van der Waals surface area contributed by atoms with Gasteiger partial charge in [0, 0.05) is 27.5 Å². The molecule has 0 atom stereocenters. The molecule has 0 N–H and O–H groups in total. The lowest BCUT2D eigenvalue weighted by Gasteiger charge is -2.27. The Balaban J connectivity index is 1.06. The van der Waals surface area contributed by atoms with Gasteiger partial charge in [-0.25, -0.2) is 0 Å². The van der Waals surface area contributed by atoms with Gasteiger partial charge in [0.25, 0.3) is 0 Å². The number of nitrogens with zero attached hydrogens (tertiary/aromatic N) is 1. The number of rotatable bonds is 5. The second-order valence-electron chi connectivity index (χ2n) is 14.1. The van der Waals surface area contributed by atoms with Gasteiger partial charge in [0.15, 0.2) is 0 Å².